The topological polar surface area (TPSA) is 54.0 Å². The molecule has 2 aromatic carbocycles. The van der Waals surface area contributed by atoms with E-state index < -0.39 is 0 Å². The molecular formula is C24H30N2O4. The Labute approximate surface area is 178 Å². The summed E-state index contributed by atoms with van der Waals surface area (Å²) in [4.78, 5) is 2.25. The maximum Gasteiger partial charge on any atom is 0.153 e. The van der Waals surface area contributed by atoms with Gasteiger partial charge >= 0.3 is 0 Å². The number of morpholine rings is 1. The third kappa shape index (κ3) is 4.00. The number of methoxy groups -OCH3 is 1. The standard InChI is InChI=1S/C24H30N2O4/c1-28-24-16-20(6-9-23(24)25-11-14-29-15-12-25)26(27)13-10-22(17-26)30-21-7-4-19(5-8-21)18-2-3-18/h4-9,16,18,22H,2-3,10-15,17H2,1H3. The SMILES string of the molecule is COc1cc([N+]2([O-])CCC(Oc3ccc(C4CC4)cc3)C2)ccc1N1CCOCC1. The van der Waals surface area contributed by atoms with Crippen LogP contribution in [0.1, 0.15) is 30.7 Å². The summed E-state index contributed by atoms with van der Waals surface area (Å²) in [5, 5.41) is 13.6. The van der Waals surface area contributed by atoms with Crippen molar-refractivity contribution in [2.75, 3.05) is 51.4 Å². The molecule has 1 aliphatic carbocycles. The molecule has 0 spiro atoms. The summed E-state index contributed by atoms with van der Waals surface area (Å²) in [7, 11) is 1.67. The highest BCUT2D eigenvalue weighted by molar-refractivity contribution is 5.65. The predicted molar refractivity (Wildman–Crippen MR) is 118 cm³/mol. The number of hydrogen-bond donors (Lipinski definition) is 0. The Kier molecular flexibility index (Phi) is 5.31. The van der Waals surface area contributed by atoms with Crippen molar-refractivity contribution in [3.63, 3.8) is 0 Å². The lowest BCUT2D eigenvalue weighted by atomic mass is 10.1. The fraction of sp³-hybridized carbons (Fsp3) is 0.500. The molecule has 160 valence electrons. The van der Waals surface area contributed by atoms with Crippen molar-refractivity contribution in [1.82, 2.24) is 4.65 Å². The van der Waals surface area contributed by atoms with Crippen molar-refractivity contribution in [3.05, 3.63) is 53.2 Å². The van der Waals surface area contributed by atoms with Gasteiger partial charge in [0.15, 0.2) is 6.10 Å². The molecule has 2 aliphatic heterocycles. The minimum absolute atomic E-state index is 0.0702. The third-order valence-corrected chi connectivity index (χ3v) is 6.53. The smallest absolute Gasteiger partial charge is 0.153 e. The zero-order chi connectivity index (χ0) is 20.6. The summed E-state index contributed by atoms with van der Waals surface area (Å²) < 4.78 is 16.9. The molecule has 5 rings (SSSR count). The number of quaternary nitrogens is 1. The minimum atomic E-state index is -0.370. The van der Waals surface area contributed by atoms with Gasteiger partial charge in [0.05, 0.1) is 32.6 Å². The van der Waals surface area contributed by atoms with Gasteiger partial charge in [0.25, 0.3) is 0 Å². The van der Waals surface area contributed by atoms with Crippen LogP contribution in [0.25, 0.3) is 0 Å². The Morgan fingerprint density at radius 1 is 1.03 bits per heavy atom. The molecule has 0 radical (unpaired) electrons. The molecule has 1 saturated carbocycles. The van der Waals surface area contributed by atoms with Crippen molar-refractivity contribution >= 4 is 11.4 Å². The summed E-state index contributed by atoms with van der Waals surface area (Å²) in [6.45, 7) is 4.04. The van der Waals surface area contributed by atoms with Gasteiger partial charge in [-0.1, -0.05) is 12.1 Å². The molecule has 0 aromatic heterocycles. The van der Waals surface area contributed by atoms with Gasteiger partial charge in [0.2, 0.25) is 0 Å². The maximum atomic E-state index is 13.6. The van der Waals surface area contributed by atoms with Crippen LogP contribution in [-0.4, -0.2) is 52.6 Å². The zero-order valence-electron chi connectivity index (χ0n) is 17.6. The van der Waals surface area contributed by atoms with Crippen molar-refractivity contribution in [2.24, 2.45) is 0 Å². The van der Waals surface area contributed by atoms with E-state index in [1.807, 2.05) is 30.3 Å². The molecule has 3 fully saturated rings. The van der Waals surface area contributed by atoms with Gasteiger partial charge < -0.3 is 29.0 Å². The molecule has 2 atom stereocenters. The summed E-state index contributed by atoms with van der Waals surface area (Å²) in [5.41, 5.74) is 3.16. The van der Waals surface area contributed by atoms with Crippen molar-refractivity contribution in [3.8, 4) is 11.5 Å². The van der Waals surface area contributed by atoms with Gasteiger partial charge in [-0.3, -0.25) is 0 Å². The second kappa shape index (κ2) is 8.10. The molecule has 30 heavy (non-hydrogen) atoms. The Morgan fingerprint density at radius 3 is 2.50 bits per heavy atom. The van der Waals surface area contributed by atoms with E-state index in [1.165, 1.54) is 18.4 Å². The molecule has 2 saturated heterocycles. The molecule has 3 aliphatic rings. The molecule has 2 heterocycles. The van der Waals surface area contributed by atoms with E-state index in [9.17, 15) is 5.21 Å². The largest absolute Gasteiger partial charge is 0.627 e. The van der Waals surface area contributed by atoms with Crippen LogP contribution in [-0.2, 0) is 4.74 Å². The Balaban J connectivity index is 1.27. The molecule has 0 N–H and O–H groups in total. The van der Waals surface area contributed by atoms with E-state index in [4.69, 9.17) is 14.2 Å². The molecular weight excluding hydrogens is 380 g/mol. The maximum absolute atomic E-state index is 13.6. The van der Waals surface area contributed by atoms with Crippen LogP contribution in [0.15, 0.2) is 42.5 Å². The Morgan fingerprint density at radius 2 is 1.80 bits per heavy atom. The highest BCUT2D eigenvalue weighted by atomic mass is 16.6. The van der Waals surface area contributed by atoms with Gasteiger partial charge in [-0.05, 0) is 42.5 Å². The highest BCUT2D eigenvalue weighted by Gasteiger charge is 2.36. The van der Waals surface area contributed by atoms with Crippen LogP contribution >= 0.6 is 0 Å². The molecule has 0 amide bonds. The quantitative estimate of drug-likeness (QED) is 0.531. The monoisotopic (exact) mass is 410 g/mol. The van der Waals surface area contributed by atoms with E-state index >= 15 is 0 Å². The average Bonchev–Trinajstić information content (AvgIpc) is 3.57. The van der Waals surface area contributed by atoms with Crippen molar-refractivity contribution < 1.29 is 14.2 Å². The Hall–Kier alpha value is -2.28. The number of hydrogen-bond acceptors (Lipinski definition) is 5. The highest BCUT2D eigenvalue weighted by Crippen LogP contribution is 2.41. The van der Waals surface area contributed by atoms with Gasteiger partial charge in [0.1, 0.15) is 23.7 Å². The summed E-state index contributed by atoms with van der Waals surface area (Å²) >= 11 is 0. The molecule has 2 aromatic rings. The minimum Gasteiger partial charge on any atom is -0.627 e. The third-order valence-electron chi connectivity index (χ3n) is 6.53. The van der Waals surface area contributed by atoms with E-state index in [2.05, 4.69) is 17.0 Å². The van der Waals surface area contributed by atoms with Gasteiger partial charge in [-0.25, -0.2) is 0 Å². The molecule has 6 heteroatoms. The fourth-order valence-corrected chi connectivity index (χ4v) is 4.61. The first-order valence-electron chi connectivity index (χ1n) is 11.0. The van der Waals surface area contributed by atoms with Crippen LogP contribution < -0.4 is 19.0 Å². The fourth-order valence-electron chi connectivity index (χ4n) is 4.61. The van der Waals surface area contributed by atoms with Crippen LogP contribution in [0.4, 0.5) is 11.4 Å². The first kappa shape index (κ1) is 19.7. The molecule has 0 bridgehead atoms. The first-order chi connectivity index (χ1) is 14.6. The number of anilines is 1. The molecule has 2 unspecified atom stereocenters. The second-order valence-corrected chi connectivity index (χ2v) is 8.62. The van der Waals surface area contributed by atoms with Gasteiger partial charge in [0, 0.05) is 31.6 Å². The Bertz CT molecular complexity index is 877. The number of nitrogens with zero attached hydrogens (tertiary/aromatic N) is 2. The lowest BCUT2D eigenvalue weighted by Crippen LogP contribution is -2.42. The first-order valence-corrected chi connectivity index (χ1v) is 11.0. The lowest BCUT2D eigenvalue weighted by Gasteiger charge is -2.38. The van der Waals surface area contributed by atoms with Crippen molar-refractivity contribution in [1.29, 1.82) is 0 Å². The summed E-state index contributed by atoms with van der Waals surface area (Å²) in [5.74, 6) is 2.35. The molecule has 6 nitrogen and oxygen atoms in total. The lowest BCUT2D eigenvalue weighted by molar-refractivity contribution is 0.122. The number of hydroxylamine groups is 2. The normalized spacial score (nSPS) is 26.6. The van der Waals surface area contributed by atoms with Gasteiger partial charge in [-0.2, -0.15) is 0 Å². The van der Waals surface area contributed by atoms with Crippen LogP contribution in [0, 0.1) is 5.21 Å². The number of rotatable bonds is 6. The number of ether oxygens (including phenoxy) is 3. The predicted octanol–water partition coefficient (Wildman–Crippen LogP) is 4.07. The van der Waals surface area contributed by atoms with E-state index in [0.29, 0.717) is 26.3 Å². The summed E-state index contributed by atoms with van der Waals surface area (Å²) in [6, 6.07) is 14.3. The van der Waals surface area contributed by atoms with Gasteiger partial charge in [-0.15, -0.1) is 0 Å². The van der Waals surface area contributed by atoms with Crippen LogP contribution in [0.3, 0.4) is 0 Å². The zero-order valence-corrected chi connectivity index (χ0v) is 17.6. The second-order valence-electron chi connectivity index (χ2n) is 8.62. The van der Waals surface area contributed by atoms with E-state index in [1.54, 1.807) is 7.11 Å². The van der Waals surface area contributed by atoms with Crippen LogP contribution in [0.5, 0.6) is 11.5 Å². The average molecular weight is 411 g/mol. The van der Waals surface area contributed by atoms with Crippen LogP contribution in [0.2, 0.25) is 0 Å². The summed E-state index contributed by atoms with van der Waals surface area (Å²) in [6.07, 6.45) is 3.28. The van der Waals surface area contributed by atoms with Crippen molar-refractivity contribution in [2.45, 2.75) is 31.3 Å². The van der Waals surface area contributed by atoms with E-state index in [-0.39, 0.29) is 10.8 Å². The van der Waals surface area contributed by atoms with E-state index in [0.717, 1.165) is 48.3 Å². The number of benzene rings is 2.